The van der Waals surface area contributed by atoms with Crippen LogP contribution >= 0.6 is 0 Å². The largest absolute Gasteiger partial charge is 0.376 e. The van der Waals surface area contributed by atoms with Crippen molar-refractivity contribution in [3.05, 3.63) is 34.4 Å². The molecule has 1 aromatic rings. The summed E-state index contributed by atoms with van der Waals surface area (Å²) < 4.78 is 5.61. The number of ether oxygens (including phenoxy) is 1. The van der Waals surface area contributed by atoms with Gasteiger partial charge in [-0.2, -0.15) is 0 Å². The van der Waals surface area contributed by atoms with Crippen LogP contribution in [-0.4, -0.2) is 54.8 Å². The molecule has 6 nitrogen and oxygen atoms in total. The third-order valence-electron chi connectivity index (χ3n) is 4.68. The van der Waals surface area contributed by atoms with Crippen LogP contribution in [0.4, 0.5) is 11.4 Å². The molecule has 2 saturated heterocycles. The fourth-order valence-electron chi connectivity index (χ4n) is 3.45. The molecular formula is C16H23N3O3. The zero-order chi connectivity index (χ0) is 15.5. The van der Waals surface area contributed by atoms with E-state index in [0.29, 0.717) is 12.1 Å². The maximum absolute atomic E-state index is 10.7. The lowest BCUT2D eigenvalue weighted by molar-refractivity contribution is -0.384. The highest BCUT2D eigenvalue weighted by Crippen LogP contribution is 2.25. The maximum atomic E-state index is 10.7. The predicted octanol–water partition coefficient (Wildman–Crippen LogP) is 2.28. The van der Waals surface area contributed by atoms with Crippen LogP contribution in [0.3, 0.4) is 0 Å². The zero-order valence-corrected chi connectivity index (χ0v) is 13.0. The Hall–Kier alpha value is -1.66. The highest BCUT2D eigenvalue weighted by atomic mass is 16.6. The number of nitro groups is 1. The molecule has 0 aliphatic carbocycles. The van der Waals surface area contributed by atoms with Crippen molar-refractivity contribution in [1.29, 1.82) is 0 Å². The third-order valence-corrected chi connectivity index (χ3v) is 4.68. The SMILES string of the molecule is CC1CN(C2CCN(c3ccc([N+](=O)[O-])cc3)CC2)CCO1. The van der Waals surface area contributed by atoms with E-state index in [2.05, 4.69) is 16.7 Å². The van der Waals surface area contributed by atoms with Crippen LogP contribution < -0.4 is 4.90 Å². The van der Waals surface area contributed by atoms with E-state index in [1.807, 2.05) is 12.1 Å². The molecule has 6 heteroatoms. The van der Waals surface area contributed by atoms with Crippen LogP contribution in [0.5, 0.6) is 0 Å². The highest BCUT2D eigenvalue weighted by Gasteiger charge is 2.28. The summed E-state index contributed by atoms with van der Waals surface area (Å²) in [5.41, 5.74) is 1.24. The van der Waals surface area contributed by atoms with Gasteiger partial charge in [-0.1, -0.05) is 0 Å². The molecule has 0 radical (unpaired) electrons. The van der Waals surface area contributed by atoms with Crippen LogP contribution in [0, 0.1) is 10.1 Å². The Morgan fingerprint density at radius 3 is 2.45 bits per heavy atom. The summed E-state index contributed by atoms with van der Waals surface area (Å²) in [5, 5.41) is 10.7. The van der Waals surface area contributed by atoms with Gasteiger partial charge in [-0.05, 0) is 31.9 Å². The topological polar surface area (TPSA) is 58.9 Å². The van der Waals surface area contributed by atoms with Crippen molar-refractivity contribution in [3.63, 3.8) is 0 Å². The van der Waals surface area contributed by atoms with Crippen LogP contribution in [-0.2, 0) is 4.74 Å². The van der Waals surface area contributed by atoms with Gasteiger partial charge in [-0.3, -0.25) is 15.0 Å². The molecule has 0 spiro atoms. The number of hydrogen-bond donors (Lipinski definition) is 0. The fourth-order valence-corrected chi connectivity index (χ4v) is 3.45. The van der Waals surface area contributed by atoms with Gasteiger partial charge < -0.3 is 9.64 Å². The summed E-state index contributed by atoms with van der Waals surface area (Å²) in [6.07, 6.45) is 2.62. The quantitative estimate of drug-likeness (QED) is 0.633. The van der Waals surface area contributed by atoms with Gasteiger partial charge in [0.05, 0.1) is 17.6 Å². The van der Waals surface area contributed by atoms with Gasteiger partial charge in [-0.15, -0.1) is 0 Å². The van der Waals surface area contributed by atoms with Crippen LogP contribution in [0.1, 0.15) is 19.8 Å². The van der Waals surface area contributed by atoms with Crippen molar-refractivity contribution >= 4 is 11.4 Å². The second-order valence-electron chi connectivity index (χ2n) is 6.17. The molecule has 2 heterocycles. The van der Waals surface area contributed by atoms with Crippen molar-refractivity contribution < 1.29 is 9.66 Å². The Kier molecular flexibility index (Phi) is 4.59. The molecule has 2 aliphatic heterocycles. The molecule has 1 aromatic carbocycles. The van der Waals surface area contributed by atoms with Crippen LogP contribution in [0.2, 0.25) is 0 Å². The normalized spacial score (nSPS) is 24.4. The summed E-state index contributed by atoms with van der Waals surface area (Å²) in [4.78, 5) is 15.2. The summed E-state index contributed by atoms with van der Waals surface area (Å²) in [6.45, 7) is 7.05. The molecule has 0 bridgehead atoms. The van der Waals surface area contributed by atoms with Crippen molar-refractivity contribution in [1.82, 2.24) is 4.90 Å². The fraction of sp³-hybridized carbons (Fsp3) is 0.625. The van der Waals surface area contributed by atoms with E-state index in [9.17, 15) is 10.1 Å². The molecule has 22 heavy (non-hydrogen) atoms. The molecule has 120 valence electrons. The molecule has 2 fully saturated rings. The standard InChI is InChI=1S/C16H23N3O3/c1-13-12-18(10-11-22-13)15-6-8-17(9-7-15)14-2-4-16(5-3-14)19(20)21/h2-5,13,15H,6-12H2,1H3. The molecule has 2 aliphatic rings. The predicted molar refractivity (Wildman–Crippen MR) is 85.3 cm³/mol. The van der Waals surface area contributed by atoms with Gasteiger partial charge >= 0.3 is 0 Å². The van der Waals surface area contributed by atoms with Crippen molar-refractivity contribution in [2.24, 2.45) is 0 Å². The van der Waals surface area contributed by atoms with Crippen LogP contribution in [0.15, 0.2) is 24.3 Å². The number of rotatable bonds is 3. The summed E-state index contributed by atoms with van der Waals surface area (Å²) in [5.74, 6) is 0. The van der Waals surface area contributed by atoms with E-state index >= 15 is 0 Å². The molecule has 1 atom stereocenters. The maximum Gasteiger partial charge on any atom is 0.269 e. The first-order valence-electron chi connectivity index (χ1n) is 7.98. The molecule has 1 unspecified atom stereocenters. The van der Waals surface area contributed by atoms with E-state index in [1.54, 1.807) is 12.1 Å². The zero-order valence-electron chi connectivity index (χ0n) is 13.0. The first-order chi connectivity index (χ1) is 10.6. The molecule has 0 saturated carbocycles. The Bertz CT molecular complexity index is 512. The Labute approximate surface area is 130 Å². The minimum atomic E-state index is -0.352. The van der Waals surface area contributed by atoms with Gasteiger partial charge in [0, 0.05) is 50.0 Å². The smallest absolute Gasteiger partial charge is 0.269 e. The summed E-state index contributed by atoms with van der Waals surface area (Å²) >= 11 is 0. The summed E-state index contributed by atoms with van der Waals surface area (Å²) in [7, 11) is 0. The lowest BCUT2D eigenvalue weighted by Gasteiger charge is -2.42. The van der Waals surface area contributed by atoms with Gasteiger partial charge in [0.15, 0.2) is 0 Å². The van der Waals surface area contributed by atoms with E-state index in [4.69, 9.17) is 4.74 Å². The van der Waals surface area contributed by atoms with E-state index < -0.39 is 0 Å². The minimum absolute atomic E-state index is 0.154. The highest BCUT2D eigenvalue weighted by molar-refractivity contribution is 5.51. The molecule has 0 amide bonds. The second kappa shape index (κ2) is 6.62. The summed E-state index contributed by atoms with van der Waals surface area (Å²) in [6, 6.07) is 7.53. The minimum Gasteiger partial charge on any atom is -0.376 e. The number of morpholine rings is 1. The average molecular weight is 305 g/mol. The first-order valence-corrected chi connectivity index (χ1v) is 7.98. The van der Waals surface area contributed by atoms with Crippen molar-refractivity contribution in [2.45, 2.75) is 31.9 Å². The number of hydrogen-bond acceptors (Lipinski definition) is 5. The lowest BCUT2D eigenvalue weighted by atomic mass is 10.0. The molecule has 0 aromatic heterocycles. The van der Waals surface area contributed by atoms with Gasteiger partial charge in [-0.25, -0.2) is 0 Å². The van der Waals surface area contributed by atoms with Gasteiger partial charge in [0.25, 0.3) is 5.69 Å². The number of non-ortho nitro benzene ring substituents is 1. The Balaban J connectivity index is 1.56. The molecule has 3 rings (SSSR count). The second-order valence-corrected chi connectivity index (χ2v) is 6.17. The lowest BCUT2D eigenvalue weighted by Crippen LogP contribution is -2.51. The van der Waals surface area contributed by atoms with Crippen molar-refractivity contribution in [3.8, 4) is 0 Å². The number of piperidine rings is 1. The monoisotopic (exact) mass is 305 g/mol. The average Bonchev–Trinajstić information content (AvgIpc) is 2.55. The van der Waals surface area contributed by atoms with Crippen molar-refractivity contribution in [2.75, 3.05) is 37.7 Å². The van der Waals surface area contributed by atoms with E-state index in [-0.39, 0.29) is 10.6 Å². The van der Waals surface area contributed by atoms with E-state index in [1.165, 1.54) is 0 Å². The van der Waals surface area contributed by atoms with Crippen LogP contribution in [0.25, 0.3) is 0 Å². The number of nitrogens with zero attached hydrogens (tertiary/aromatic N) is 3. The van der Waals surface area contributed by atoms with E-state index in [0.717, 1.165) is 51.3 Å². The number of benzene rings is 1. The number of nitro benzene ring substituents is 1. The van der Waals surface area contributed by atoms with Gasteiger partial charge in [0.2, 0.25) is 0 Å². The van der Waals surface area contributed by atoms with Gasteiger partial charge in [0.1, 0.15) is 0 Å². The Morgan fingerprint density at radius 2 is 1.86 bits per heavy atom. The third kappa shape index (κ3) is 3.39. The number of anilines is 1. The molecular weight excluding hydrogens is 282 g/mol. The Morgan fingerprint density at radius 1 is 1.18 bits per heavy atom. The molecule has 0 N–H and O–H groups in total. The first kappa shape index (κ1) is 15.2.